The lowest BCUT2D eigenvalue weighted by Crippen LogP contribution is -2.50. The first-order valence-electron chi connectivity index (χ1n) is 11.7. The molecular formula is C22H51NO3SSi. The number of unbranched alkanes of at least 4 members (excludes halogenated alkanes) is 4. The monoisotopic (exact) mass is 437 g/mol. The van der Waals surface area contributed by atoms with Gasteiger partial charge in [0.25, 0.3) is 0 Å². The van der Waals surface area contributed by atoms with Gasteiger partial charge in [0.05, 0.1) is 36.3 Å². The van der Waals surface area contributed by atoms with Crippen LogP contribution in [0.4, 0.5) is 0 Å². The van der Waals surface area contributed by atoms with Gasteiger partial charge in [-0.3, -0.25) is 0 Å². The lowest BCUT2D eigenvalue weighted by Gasteiger charge is -2.39. The molecule has 0 spiro atoms. The molecule has 172 valence electrons. The Labute approximate surface area is 178 Å². The average Bonchev–Trinajstić information content (AvgIpc) is 2.59. The number of nitrogens with zero attached hydrogens (tertiary/aromatic N) is 1. The van der Waals surface area contributed by atoms with E-state index in [4.69, 9.17) is 0 Å². The van der Waals surface area contributed by atoms with Crippen LogP contribution in [0, 0.1) is 0 Å². The summed E-state index contributed by atoms with van der Waals surface area (Å²) in [5, 5.41) is 0. The Hall–Kier alpha value is 0.0869. The molecule has 0 amide bonds. The summed E-state index contributed by atoms with van der Waals surface area (Å²) in [5.74, 6) is -0.197. The van der Waals surface area contributed by atoms with E-state index in [1.165, 1.54) is 82.0 Å². The Balaban J connectivity index is 0. The minimum atomic E-state index is -3.97. The molecule has 0 aromatic heterocycles. The molecule has 28 heavy (non-hydrogen) atoms. The van der Waals surface area contributed by atoms with E-state index in [1.54, 1.807) is 0 Å². The van der Waals surface area contributed by atoms with Crippen LogP contribution in [0.15, 0.2) is 0 Å². The normalized spacial score (nSPS) is 12.6. The Morgan fingerprint density at radius 3 is 1.21 bits per heavy atom. The molecule has 0 saturated carbocycles. The number of hydrogen-bond donors (Lipinski definition) is 0. The second-order valence-corrected chi connectivity index (χ2v) is 16.7. The lowest BCUT2D eigenvalue weighted by atomic mass is 10.1. The second-order valence-electron chi connectivity index (χ2n) is 9.58. The maximum Gasteiger partial charge on any atom is 0.0945 e. The van der Waals surface area contributed by atoms with E-state index in [1.807, 2.05) is 0 Å². The van der Waals surface area contributed by atoms with Crippen molar-refractivity contribution in [1.29, 1.82) is 0 Å². The SMILES string of the molecule is CCCC[N+](CCCC)(CCCC)CCCC.C[Si](C)(C)CCCS(=O)(=O)[O-]. The Morgan fingerprint density at radius 1 is 0.679 bits per heavy atom. The van der Waals surface area contributed by atoms with Gasteiger partial charge in [-0.2, -0.15) is 0 Å². The van der Waals surface area contributed by atoms with E-state index in [2.05, 4.69) is 47.3 Å². The van der Waals surface area contributed by atoms with Crippen LogP contribution in [0.2, 0.25) is 25.7 Å². The van der Waals surface area contributed by atoms with Crippen molar-refractivity contribution >= 4 is 18.2 Å². The number of hydrogen-bond acceptors (Lipinski definition) is 3. The fourth-order valence-corrected chi connectivity index (χ4v) is 5.42. The Kier molecular flexibility index (Phi) is 18.2. The van der Waals surface area contributed by atoms with Gasteiger partial charge in [0.15, 0.2) is 0 Å². The molecule has 0 heterocycles. The van der Waals surface area contributed by atoms with Gasteiger partial charge in [-0.1, -0.05) is 79.1 Å². The average molecular weight is 438 g/mol. The molecular weight excluding hydrogens is 386 g/mol. The third-order valence-corrected chi connectivity index (χ3v) is 7.91. The minimum absolute atomic E-state index is 0.197. The van der Waals surface area contributed by atoms with E-state index < -0.39 is 18.2 Å². The summed E-state index contributed by atoms with van der Waals surface area (Å²) in [4.78, 5) is 0. The molecule has 0 fully saturated rings. The molecule has 0 bridgehead atoms. The molecule has 0 rings (SSSR count). The van der Waals surface area contributed by atoms with E-state index >= 15 is 0 Å². The molecule has 0 atom stereocenters. The quantitative estimate of drug-likeness (QED) is 0.162. The topological polar surface area (TPSA) is 57.2 Å². The van der Waals surface area contributed by atoms with E-state index in [0.717, 1.165) is 6.04 Å². The van der Waals surface area contributed by atoms with Crippen LogP contribution in [-0.2, 0) is 10.1 Å². The Bertz CT molecular complexity index is 410. The van der Waals surface area contributed by atoms with Crippen molar-refractivity contribution in [3.05, 3.63) is 0 Å². The maximum atomic E-state index is 10.2. The van der Waals surface area contributed by atoms with E-state index in [-0.39, 0.29) is 5.75 Å². The first-order chi connectivity index (χ1) is 12.9. The van der Waals surface area contributed by atoms with Gasteiger partial charge in [0, 0.05) is 13.8 Å². The van der Waals surface area contributed by atoms with Crippen LogP contribution < -0.4 is 0 Å². The van der Waals surface area contributed by atoms with E-state index in [9.17, 15) is 13.0 Å². The standard InChI is InChI=1S/C16H36N.C6H16O3SSi/c1-5-9-13-17(14-10-6-2,15-11-7-3)16-12-8-4;1-11(2,3)6-4-5-10(7,8)9/h5-16H2,1-4H3;4-6H2,1-3H3,(H,7,8,9)/q+1;/p-1. The highest BCUT2D eigenvalue weighted by Crippen LogP contribution is 2.16. The zero-order chi connectivity index (χ0) is 22.1. The molecule has 0 aromatic rings. The fourth-order valence-electron chi connectivity index (χ4n) is 3.42. The van der Waals surface area contributed by atoms with Crippen molar-refractivity contribution in [2.75, 3.05) is 31.9 Å². The smallest absolute Gasteiger partial charge is 0.0945 e. The molecule has 0 unspecified atom stereocenters. The van der Waals surface area contributed by atoms with Gasteiger partial charge >= 0.3 is 0 Å². The maximum absolute atomic E-state index is 10.2. The van der Waals surface area contributed by atoms with Crippen LogP contribution in [0.3, 0.4) is 0 Å². The van der Waals surface area contributed by atoms with Crippen molar-refractivity contribution in [1.82, 2.24) is 0 Å². The van der Waals surface area contributed by atoms with Gasteiger partial charge in [-0.15, -0.1) is 0 Å². The summed E-state index contributed by atoms with van der Waals surface area (Å²) in [5.41, 5.74) is 0. The van der Waals surface area contributed by atoms with Crippen LogP contribution in [0.25, 0.3) is 0 Å². The molecule has 0 saturated heterocycles. The van der Waals surface area contributed by atoms with Gasteiger partial charge < -0.3 is 9.04 Å². The third kappa shape index (κ3) is 20.8. The lowest BCUT2D eigenvalue weighted by molar-refractivity contribution is -0.929. The van der Waals surface area contributed by atoms with E-state index in [0.29, 0.717) is 6.42 Å². The van der Waals surface area contributed by atoms with Crippen molar-refractivity contribution in [3.8, 4) is 0 Å². The van der Waals surface area contributed by atoms with Crippen molar-refractivity contribution in [3.63, 3.8) is 0 Å². The molecule has 4 nitrogen and oxygen atoms in total. The van der Waals surface area contributed by atoms with Crippen LogP contribution in [0.5, 0.6) is 0 Å². The van der Waals surface area contributed by atoms with Gasteiger partial charge in [-0.25, -0.2) is 8.42 Å². The highest BCUT2D eigenvalue weighted by atomic mass is 32.2. The zero-order valence-electron chi connectivity index (χ0n) is 20.2. The molecule has 6 heteroatoms. The summed E-state index contributed by atoms with van der Waals surface area (Å²) < 4.78 is 32.0. The summed E-state index contributed by atoms with van der Waals surface area (Å²) in [6.07, 6.45) is 11.6. The fraction of sp³-hybridized carbons (Fsp3) is 1.00. The molecule has 0 N–H and O–H groups in total. The van der Waals surface area contributed by atoms with Crippen LogP contribution >= 0.6 is 0 Å². The van der Waals surface area contributed by atoms with Gasteiger partial charge in [0.2, 0.25) is 0 Å². The van der Waals surface area contributed by atoms with Gasteiger partial charge in [0.1, 0.15) is 0 Å². The predicted molar refractivity (Wildman–Crippen MR) is 127 cm³/mol. The van der Waals surface area contributed by atoms with Crippen LogP contribution in [0.1, 0.15) is 85.5 Å². The van der Waals surface area contributed by atoms with Gasteiger partial charge in [-0.05, 0) is 32.1 Å². The number of quaternary nitrogens is 1. The first kappa shape index (κ1) is 30.3. The van der Waals surface area contributed by atoms with Crippen molar-refractivity contribution in [2.45, 2.75) is 111 Å². The molecule has 0 aliphatic rings. The summed E-state index contributed by atoms with van der Waals surface area (Å²) in [6.45, 7) is 21.5. The molecule has 0 aromatic carbocycles. The second kappa shape index (κ2) is 16.8. The van der Waals surface area contributed by atoms with Crippen LogP contribution in [-0.4, -0.2) is 57.5 Å². The number of rotatable bonds is 16. The zero-order valence-corrected chi connectivity index (χ0v) is 22.0. The minimum Gasteiger partial charge on any atom is -0.748 e. The molecule has 0 radical (unpaired) electrons. The molecule has 0 aliphatic carbocycles. The summed E-state index contributed by atoms with van der Waals surface area (Å²) >= 11 is 0. The largest absolute Gasteiger partial charge is 0.748 e. The summed E-state index contributed by atoms with van der Waals surface area (Å²) in [7, 11) is -5.13. The highest BCUT2D eigenvalue weighted by Gasteiger charge is 2.24. The summed E-state index contributed by atoms with van der Waals surface area (Å²) in [6, 6.07) is 0.911. The van der Waals surface area contributed by atoms with Crippen molar-refractivity contribution < 1.29 is 17.5 Å². The van der Waals surface area contributed by atoms with Crippen molar-refractivity contribution in [2.24, 2.45) is 0 Å². The third-order valence-electron chi connectivity index (χ3n) is 5.27. The molecule has 0 aliphatic heterocycles. The Morgan fingerprint density at radius 2 is 1.00 bits per heavy atom. The first-order valence-corrected chi connectivity index (χ1v) is 17.0. The highest BCUT2D eigenvalue weighted by molar-refractivity contribution is 7.85. The predicted octanol–water partition coefficient (Wildman–Crippen LogP) is 6.26.